The quantitative estimate of drug-likeness (QED) is 0.784. The number of carbonyl (C=O) groups is 1. The fourth-order valence-electron chi connectivity index (χ4n) is 2.16. The van der Waals surface area contributed by atoms with Gasteiger partial charge in [-0.25, -0.2) is 0 Å². The minimum atomic E-state index is -4.42. The Morgan fingerprint density at radius 3 is 2.42 bits per heavy atom. The summed E-state index contributed by atoms with van der Waals surface area (Å²) >= 11 is 0. The number of nitrogens with one attached hydrogen (secondary N) is 1. The van der Waals surface area contributed by atoms with Crippen molar-refractivity contribution in [2.45, 2.75) is 25.2 Å². The second-order valence-electron chi connectivity index (χ2n) is 5.39. The summed E-state index contributed by atoms with van der Waals surface area (Å²) in [4.78, 5) is 12.0. The summed E-state index contributed by atoms with van der Waals surface area (Å²) in [5, 5.41) is 11.7. The second kappa shape index (κ2) is 7.35. The standard InChI is InChI=1S/C17H17F3N2O2/c18-17(19,20)13-3-1-2-12(8-13)10-22-16(24)15(21)9-11-4-6-14(23)7-5-11/h1-8,15,23H,9-10,21H2,(H,22,24). The molecule has 128 valence electrons. The van der Waals surface area contributed by atoms with Gasteiger partial charge in [-0.1, -0.05) is 24.3 Å². The first-order valence-electron chi connectivity index (χ1n) is 7.23. The second-order valence-corrected chi connectivity index (χ2v) is 5.39. The van der Waals surface area contributed by atoms with Gasteiger partial charge in [-0.15, -0.1) is 0 Å². The van der Waals surface area contributed by atoms with Crippen LogP contribution in [0.4, 0.5) is 13.2 Å². The number of alkyl halides is 3. The number of nitrogens with two attached hydrogens (primary N) is 1. The van der Waals surface area contributed by atoms with Crippen LogP contribution in [0.15, 0.2) is 48.5 Å². The Kier molecular flexibility index (Phi) is 5.46. The number of hydrogen-bond acceptors (Lipinski definition) is 3. The third-order valence-electron chi connectivity index (χ3n) is 3.45. The van der Waals surface area contributed by atoms with E-state index in [2.05, 4.69) is 5.32 Å². The Labute approximate surface area is 137 Å². The largest absolute Gasteiger partial charge is 0.508 e. The molecule has 2 rings (SSSR count). The molecule has 1 atom stereocenters. The SMILES string of the molecule is NC(Cc1ccc(O)cc1)C(=O)NCc1cccc(C(F)(F)F)c1. The number of hydrogen-bond donors (Lipinski definition) is 3. The van der Waals surface area contributed by atoms with Crippen LogP contribution in [0.25, 0.3) is 0 Å². The van der Waals surface area contributed by atoms with E-state index >= 15 is 0 Å². The predicted molar refractivity (Wildman–Crippen MR) is 83.1 cm³/mol. The lowest BCUT2D eigenvalue weighted by molar-refractivity contribution is -0.137. The van der Waals surface area contributed by atoms with E-state index < -0.39 is 23.7 Å². The Hall–Kier alpha value is -2.54. The summed E-state index contributed by atoms with van der Waals surface area (Å²) < 4.78 is 37.9. The van der Waals surface area contributed by atoms with Crippen LogP contribution in [0, 0.1) is 0 Å². The number of benzene rings is 2. The molecule has 4 nitrogen and oxygen atoms in total. The van der Waals surface area contributed by atoms with Crippen molar-refractivity contribution in [3.8, 4) is 5.75 Å². The van der Waals surface area contributed by atoms with Crippen molar-refractivity contribution in [3.63, 3.8) is 0 Å². The Balaban J connectivity index is 1.91. The molecule has 0 radical (unpaired) electrons. The van der Waals surface area contributed by atoms with Crippen LogP contribution in [0.1, 0.15) is 16.7 Å². The van der Waals surface area contributed by atoms with Crippen LogP contribution in [-0.2, 0) is 23.9 Å². The molecule has 1 amide bonds. The summed E-state index contributed by atoms with van der Waals surface area (Å²) in [6, 6.07) is 10.2. The molecule has 7 heteroatoms. The Morgan fingerprint density at radius 1 is 1.12 bits per heavy atom. The number of phenols is 1. The van der Waals surface area contributed by atoms with Gasteiger partial charge in [0.25, 0.3) is 0 Å². The van der Waals surface area contributed by atoms with E-state index in [9.17, 15) is 23.1 Å². The Morgan fingerprint density at radius 2 is 1.79 bits per heavy atom. The van der Waals surface area contributed by atoms with Gasteiger partial charge < -0.3 is 16.2 Å². The summed E-state index contributed by atoms with van der Waals surface area (Å²) in [5.41, 5.74) is 6.15. The molecule has 0 heterocycles. The monoisotopic (exact) mass is 338 g/mol. The summed E-state index contributed by atoms with van der Waals surface area (Å²) in [7, 11) is 0. The molecule has 0 fully saturated rings. The van der Waals surface area contributed by atoms with Crippen LogP contribution < -0.4 is 11.1 Å². The van der Waals surface area contributed by atoms with Gasteiger partial charge >= 0.3 is 6.18 Å². The van der Waals surface area contributed by atoms with E-state index in [1.807, 2.05) is 0 Å². The van der Waals surface area contributed by atoms with Crippen molar-refractivity contribution in [1.29, 1.82) is 0 Å². The molecule has 0 aliphatic heterocycles. The third-order valence-corrected chi connectivity index (χ3v) is 3.45. The van der Waals surface area contributed by atoms with Crippen molar-refractivity contribution in [3.05, 3.63) is 65.2 Å². The normalized spacial score (nSPS) is 12.7. The predicted octanol–water partition coefficient (Wildman–Crippen LogP) is 2.60. The number of rotatable bonds is 5. The van der Waals surface area contributed by atoms with Gasteiger partial charge in [0.15, 0.2) is 0 Å². The Bertz CT molecular complexity index is 700. The van der Waals surface area contributed by atoms with Crippen molar-refractivity contribution in [2.75, 3.05) is 0 Å². The summed E-state index contributed by atoms with van der Waals surface area (Å²) in [6.07, 6.45) is -4.16. The maximum absolute atomic E-state index is 12.6. The van der Waals surface area contributed by atoms with E-state index in [4.69, 9.17) is 5.73 Å². The molecule has 4 N–H and O–H groups in total. The number of halogens is 3. The minimum Gasteiger partial charge on any atom is -0.508 e. The van der Waals surface area contributed by atoms with Gasteiger partial charge in [0, 0.05) is 6.54 Å². The average molecular weight is 338 g/mol. The first-order chi connectivity index (χ1) is 11.3. The fourth-order valence-corrected chi connectivity index (χ4v) is 2.16. The van der Waals surface area contributed by atoms with Gasteiger partial charge in [-0.3, -0.25) is 4.79 Å². The number of phenolic OH excluding ortho intramolecular Hbond substituents is 1. The molecule has 0 aliphatic rings. The van der Waals surface area contributed by atoms with Crippen LogP contribution in [0.2, 0.25) is 0 Å². The van der Waals surface area contributed by atoms with E-state index in [-0.39, 0.29) is 18.7 Å². The molecule has 0 bridgehead atoms. The van der Waals surface area contributed by atoms with Gasteiger partial charge in [0.2, 0.25) is 5.91 Å². The first kappa shape index (κ1) is 17.8. The van der Waals surface area contributed by atoms with Crippen molar-refractivity contribution in [2.24, 2.45) is 5.73 Å². The molecule has 2 aromatic carbocycles. The zero-order chi connectivity index (χ0) is 17.7. The number of amides is 1. The smallest absolute Gasteiger partial charge is 0.416 e. The lowest BCUT2D eigenvalue weighted by Crippen LogP contribution is -2.41. The van der Waals surface area contributed by atoms with Crippen LogP contribution in [0.5, 0.6) is 5.75 Å². The van der Waals surface area contributed by atoms with Gasteiger partial charge in [0.05, 0.1) is 11.6 Å². The topological polar surface area (TPSA) is 75.3 Å². The molecule has 0 spiro atoms. The highest BCUT2D eigenvalue weighted by molar-refractivity contribution is 5.81. The molecule has 0 aromatic heterocycles. The maximum atomic E-state index is 12.6. The molecule has 1 unspecified atom stereocenters. The van der Waals surface area contributed by atoms with E-state index in [1.165, 1.54) is 24.3 Å². The number of carbonyl (C=O) groups excluding carboxylic acids is 1. The average Bonchev–Trinajstić information content (AvgIpc) is 2.54. The highest BCUT2D eigenvalue weighted by Gasteiger charge is 2.30. The van der Waals surface area contributed by atoms with Crippen LogP contribution >= 0.6 is 0 Å². The zero-order valence-electron chi connectivity index (χ0n) is 12.7. The van der Waals surface area contributed by atoms with Gasteiger partial charge in [-0.05, 0) is 41.8 Å². The van der Waals surface area contributed by atoms with Crippen molar-refractivity contribution < 1.29 is 23.1 Å². The lowest BCUT2D eigenvalue weighted by atomic mass is 10.1. The lowest BCUT2D eigenvalue weighted by Gasteiger charge is -2.13. The highest BCUT2D eigenvalue weighted by atomic mass is 19.4. The van der Waals surface area contributed by atoms with E-state index in [0.717, 1.165) is 17.7 Å². The molecular weight excluding hydrogens is 321 g/mol. The first-order valence-corrected chi connectivity index (χ1v) is 7.23. The fraction of sp³-hybridized carbons (Fsp3) is 0.235. The molecule has 24 heavy (non-hydrogen) atoms. The van der Waals surface area contributed by atoms with Crippen molar-refractivity contribution >= 4 is 5.91 Å². The third kappa shape index (κ3) is 4.99. The van der Waals surface area contributed by atoms with Crippen LogP contribution in [-0.4, -0.2) is 17.1 Å². The zero-order valence-corrected chi connectivity index (χ0v) is 12.7. The molecule has 2 aromatic rings. The summed E-state index contributed by atoms with van der Waals surface area (Å²) in [6.45, 7) is -0.0357. The molecular formula is C17H17F3N2O2. The molecule has 0 saturated carbocycles. The van der Waals surface area contributed by atoms with Gasteiger partial charge in [0.1, 0.15) is 5.75 Å². The molecule has 0 aliphatic carbocycles. The number of aromatic hydroxyl groups is 1. The molecule has 0 saturated heterocycles. The highest BCUT2D eigenvalue weighted by Crippen LogP contribution is 2.29. The van der Waals surface area contributed by atoms with Crippen LogP contribution in [0.3, 0.4) is 0 Å². The minimum absolute atomic E-state index is 0.0357. The van der Waals surface area contributed by atoms with E-state index in [1.54, 1.807) is 12.1 Å². The maximum Gasteiger partial charge on any atom is 0.416 e. The van der Waals surface area contributed by atoms with E-state index in [0.29, 0.717) is 5.56 Å². The summed E-state index contributed by atoms with van der Waals surface area (Å²) in [5.74, 6) is -0.346. The van der Waals surface area contributed by atoms with Gasteiger partial charge in [-0.2, -0.15) is 13.2 Å². The van der Waals surface area contributed by atoms with Crippen molar-refractivity contribution in [1.82, 2.24) is 5.32 Å².